The van der Waals surface area contributed by atoms with Gasteiger partial charge in [0.05, 0.1) is 28.2 Å². The van der Waals surface area contributed by atoms with Crippen molar-refractivity contribution in [1.29, 1.82) is 0 Å². The lowest BCUT2D eigenvalue weighted by Crippen LogP contribution is -2.33. The number of aryl methyl sites for hydroxylation is 1. The second-order valence-corrected chi connectivity index (χ2v) is 7.78. The summed E-state index contributed by atoms with van der Waals surface area (Å²) in [6.45, 7) is 2.37. The summed E-state index contributed by atoms with van der Waals surface area (Å²) in [4.78, 5) is 7.00. The number of benzene rings is 2. The first kappa shape index (κ1) is 19.3. The van der Waals surface area contributed by atoms with Crippen LogP contribution in [0.1, 0.15) is 35.7 Å². The molecule has 0 N–H and O–H groups in total. The number of piperidine rings is 1. The molecule has 1 aromatic heterocycles. The SMILES string of the molecule is Cn1c(CN2CCC(c3cccc(C(F)(F)F)c3)CC2)nc2cccc(Cl)c21. The van der Waals surface area contributed by atoms with Crippen LogP contribution in [0.4, 0.5) is 13.2 Å². The molecule has 7 heteroatoms. The minimum atomic E-state index is -4.29. The average molecular weight is 408 g/mol. The van der Waals surface area contributed by atoms with Crippen molar-refractivity contribution >= 4 is 22.6 Å². The van der Waals surface area contributed by atoms with Gasteiger partial charge in [-0.15, -0.1) is 0 Å². The molecule has 2 heterocycles. The number of para-hydroxylation sites is 1. The molecule has 0 unspecified atom stereocenters. The van der Waals surface area contributed by atoms with Crippen LogP contribution in [0, 0.1) is 0 Å². The van der Waals surface area contributed by atoms with Gasteiger partial charge in [0, 0.05) is 7.05 Å². The molecule has 2 aromatic carbocycles. The number of imidazole rings is 1. The summed E-state index contributed by atoms with van der Waals surface area (Å²) in [5, 5.41) is 0.682. The van der Waals surface area contributed by atoms with Crippen LogP contribution >= 0.6 is 11.6 Å². The zero-order chi connectivity index (χ0) is 19.9. The summed E-state index contributed by atoms with van der Waals surface area (Å²) in [7, 11) is 1.96. The first-order chi connectivity index (χ1) is 13.3. The van der Waals surface area contributed by atoms with E-state index in [1.165, 1.54) is 12.1 Å². The van der Waals surface area contributed by atoms with Crippen LogP contribution in [0.2, 0.25) is 5.02 Å². The first-order valence-corrected chi connectivity index (χ1v) is 9.70. The van der Waals surface area contributed by atoms with Gasteiger partial charge in [0.15, 0.2) is 0 Å². The van der Waals surface area contributed by atoms with E-state index in [1.807, 2.05) is 35.9 Å². The molecular formula is C21H21ClF3N3. The van der Waals surface area contributed by atoms with Crippen molar-refractivity contribution in [2.45, 2.75) is 31.5 Å². The minimum absolute atomic E-state index is 0.161. The fourth-order valence-electron chi connectivity index (χ4n) is 4.00. The highest BCUT2D eigenvalue weighted by atomic mass is 35.5. The van der Waals surface area contributed by atoms with Crippen molar-refractivity contribution in [3.8, 4) is 0 Å². The van der Waals surface area contributed by atoms with Crippen LogP contribution < -0.4 is 0 Å². The van der Waals surface area contributed by atoms with Crippen molar-refractivity contribution in [3.63, 3.8) is 0 Å². The molecule has 0 spiro atoms. The van der Waals surface area contributed by atoms with Gasteiger partial charge in [0.2, 0.25) is 0 Å². The van der Waals surface area contributed by atoms with Gasteiger partial charge in [-0.2, -0.15) is 13.2 Å². The Labute approximate surface area is 166 Å². The molecule has 0 radical (unpaired) electrons. The van der Waals surface area contributed by atoms with E-state index in [0.29, 0.717) is 11.6 Å². The average Bonchev–Trinajstić information content (AvgIpc) is 2.98. The minimum Gasteiger partial charge on any atom is -0.329 e. The predicted octanol–water partition coefficient (Wildman–Crippen LogP) is 5.63. The van der Waals surface area contributed by atoms with E-state index >= 15 is 0 Å². The molecule has 148 valence electrons. The maximum absolute atomic E-state index is 13.0. The zero-order valence-corrected chi connectivity index (χ0v) is 16.3. The zero-order valence-electron chi connectivity index (χ0n) is 15.5. The molecule has 1 fully saturated rings. The van der Waals surface area contributed by atoms with E-state index in [2.05, 4.69) is 4.90 Å². The Bertz CT molecular complexity index is 988. The Balaban J connectivity index is 1.44. The molecule has 0 amide bonds. The van der Waals surface area contributed by atoms with Crippen LogP contribution in [0.5, 0.6) is 0 Å². The number of rotatable bonds is 3. The third-order valence-electron chi connectivity index (χ3n) is 5.58. The molecule has 28 heavy (non-hydrogen) atoms. The molecular weight excluding hydrogens is 387 g/mol. The monoisotopic (exact) mass is 407 g/mol. The first-order valence-electron chi connectivity index (χ1n) is 9.32. The lowest BCUT2D eigenvalue weighted by atomic mass is 9.88. The van der Waals surface area contributed by atoms with Crippen LogP contribution in [0.15, 0.2) is 42.5 Å². The molecule has 3 nitrogen and oxygen atoms in total. The van der Waals surface area contributed by atoms with Gasteiger partial charge >= 0.3 is 6.18 Å². The third-order valence-corrected chi connectivity index (χ3v) is 5.88. The highest BCUT2D eigenvalue weighted by Gasteiger charge is 2.31. The number of nitrogens with zero attached hydrogens (tertiary/aromatic N) is 3. The van der Waals surface area contributed by atoms with Crippen molar-refractivity contribution in [2.24, 2.45) is 7.05 Å². The number of hydrogen-bond donors (Lipinski definition) is 0. The van der Waals surface area contributed by atoms with Crippen LogP contribution in [0.25, 0.3) is 11.0 Å². The highest BCUT2D eigenvalue weighted by Crippen LogP contribution is 2.34. The Morgan fingerprint density at radius 3 is 2.50 bits per heavy atom. The largest absolute Gasteiger partial charge is 0.416 e. The second-order valence-electron chi connectivity index (χ2n) is 7.37. The molecule has 0 saturated carbocycles. The number of hydrogen-bond acceptors (Lipinski definition) is 2. The van der Waals surface area contributed by atoms with E-state index < -0.39 is 11.7 Å². The summed E-state index contributed by atoms with van der Waals surface area (Å²) in [6, 6.07) is 11.4. The summed E-state index contributed by atoms with van der Waals surface area (Å²) in [5.74, 6) is 1.11. The quantitative estimate of drug-likeness (QED) is 0.561. The van der Waals surface area contributed by atoms with Crippen molar-refractivity contribution < 1.29 is 13.2 Å². The van der Waals surface area contributed by atoms with E-state index in [0.717, 1.165) is 54.4 Å². The Kier molecular flexibility index (Phi) is 5.10. The predicted molar refractivity (Wildman–Crippen MR) is 104 cm³/mol. The van der Waals surface area contributed by atoms with E-state index in [1.54, 1.807) is 0 Å². The van der Waals surface area contributed by atoms with Crippen LogP contribution in [0.3, 0.4) is 0 Å². The van der Waals surface area contributed by atoms with Crippen molar-refractivity contribution in [2.75, 3.05) is 13.1 Å². The molecule has 0 bridgehead atoms. The fourth-order valence-corrected chi connectivity index (χ4v) is 4.30. The summed E-state index contributed by atoms with van der Waals surface area (Å²) in [6.07, 6.45) is -2.61. The molecule has 3 aromatic rings. The van der Waals surface area contributed by atoms with Gasteiger partial charge in [-0.05, 0) is 55.6 Å². The number of alkyl halides is 3. The molecule has 4 rings (SSSR count). The summed E-state index contributed by atoms with van der Waals surface area (Å²) >= 11 is 6.30. The smallest absolute Gasteiger partial charge is 0.329 e. The topological polar surface area (TPSA) is 21.1 Å². The normalized spacial score (nSPS) is 16.8. The molecule has 1 aliphatic rings. The van der Waals surface area contributed by atoms with E-state index in [9.17, 15) is 13.2 Å². The Hall–Kier alpha value is -2.05. The third kappa shape index (κ3) is 3.76. The Morgan fingerprint density at radius 1 is 1.11 bits per heavy atom. The van der Waals surface area contributed by atoms with Gasteiger partial charge in [0.1, 0.15) is 5.82 Å². The van der Waals surface area contributed by atoms with Gasteiger partial charge in [-0.1, -0.05) is 35.9 Å². The van der Waals surface area contributed by atoms with E-state index in [4.69, 9.17) is 16.6 Å². The maximum atomic E-state index is 13.0. The number of aromatic nitrogens is 2. The molecule has 1 saturated heterocycles. The summed E-state index contributed by atoms with van der Waals surface area (Å²) < 4.78 is 40.9. The van der Waals surface area contributed by atoms with E-state index in [-0.39, 0.29) is 5.92 Å². The second kappa shape index (κ2) is 7.41. The van der Waals surface area contributed by atoms with Gasteiger partial charge in [-0.3, -0.25) is 4.90 Å². The van der Waals surface area contributed by atoms with Gasteiger partial charge in [-0.25, -0.2) is 4.98 Å². The molecule has 0 atom stereocenters. The lowest BCUT2D eigenvalue weighted by molar-refractivity contribution is -0.137. The number of likely N-dealkylation sites (tertiary alicyclic amines) is 1. The van der Waals surface area contributed by atoms with Crippen LogP contribution in [-0.2, 0) is 19.8 Å². The summed E-state index contributed by atoms with van der Waals surface area (Å²) in [5.41, 5.74) is 2.02. The number of fused-ring (bicyclic) bond motifs is 1. The fraction of sp³-hybridized carbons (Fsp3) is 0.381. The standard InChI is InChI=1S/C21H21ClF3N3/c1-27-19(26-18-7-3-6-17(22)20(18)27)13-28-10-8-14(9-11-28)15-4-2-5-16(12-15)21(23,24)25/h2-7,12,14H,8-11,13H2,1H3. The van der Waals surface area contributed by atoms with Gasteiger partial charge < -0.3 is 4.57 Å². The van der Waals surface area contributed by atoms with Crippen molar-refractivity contribution in [1.82, 2.24) is 14.5 Å². The van der Waals surface area contributed by atoms with Crippen LogP contribution in [-0.4, -0.2) is 27.5 Å². The lowest BCUT2D eigenvalue weighted by Gasteiger charge is -2.32. The molecule has 1 aliphatic heterocycles. The highest BCUT2D eigenvalue weighted by molar-refractivity contribution is 6.35. The maximum Gasteiger partial charge on any atom is 0.416 e. The number of halogens is 4. The molecule has 0 aliphatic carbocycles. The van der Waals surface area contributed by atoms with Gasteiger partial charge in [0.25, 0.3) is 0 Å². The Morgan fingerprint density at radius 2 is 1.82 bits per heavy atom. The van der Waals surface area contributed by atoms with Crippen molar-refractivity contribution in [3.05, 3.63) is 64.4 Å².